The first kappa shape index (κ1) is 19.7. The molecule has 0 amide bonds. The van der Waals surface area contributed by atoms with E-state index in [2.05, 4.69) is 68.9 Å². The highest BCUT2D eigenvalue weighted by molar-refractivity contribution is 5.03. The molecule has 0 bridgehead atoms. The van der Waals surface area contributed by atoms with Gasteiger partial charge in [0.15, 0.2) is 0 Å². The van der Waals surface area contributed by atoms with Crippen molar-refractivity contribution in [1.29, 1.82) is 0 Å². The molecule has 0 aromatic carbocycles. The number of rotatable bonds is 9. The van der Waals surface area contributed by atoms with Gasteiger partial charge >= 0.3 is 0 Å². The lowest BCUT2D eigenvalue weighted by molar-refractivity contribution is 0.211. The minimum Gasteiger partial charge on any atom is -0.0996 e. The predicted octanol–water partition coefficient (Wildman–Crippen LogP) is 7.10. The second-order valence-corrected chi connectivity index (χ2v) is 9.18. The normalized spacial score (nSPS) is 14.9. The van der Waals surface area contributed by atoms with Crippen LogP contribution in [0.3, 0.4) is 0 Å². The Morgan fingerprint density at radius 1 is 0.950 bits per heavy atom. The van der Waals surface area contributed by atoms with Crippen LogP contribution in [-0.2, 0) is 0 Å². The highest BCUT2D eigenvalue weighted by Crippen LogP contribution is 2.38. The topological polar surface area (TPSA) is 0 Å². The van der Waals surface area contributed by atoms with Gasteiger partial charge in [0.05, 0.1) is 0 Å². The smallest absolute Gasteiger partial charge is 0.0234 e. The Morgan fingerprint density at radius 2 is 1.45 bits per heavy atom. The number of hydrogen-bond acceptors (Lipinski definition) is 0. The van der Waals surface area contributed by atoms with Gasteiger partial charge in [-0.15, -0.1) is 0 Å². The molecule has 1 atom stereocenters. The van der Waals surface area contributed by atoms with Gasteiger partial charge in [-0.2, -0.15) is 0 Å². The summed E-state index contributed by atoms with van der Waals surface area (Å²) in [5, 5.41) is 0. The van der Waals surface area contributed by atoms with Crippen LogP contribution in [0, 0.1) is 28.6 Å². The van der Waals surface area contributed by atoms with Crippen LogP contribution < -0.4 is 0 Å². The summed E-state index contributed by atoms with van der Waals surface area (Å²) in [5.41, 5.74) is 2.30. The summed E-state index contributed by atoms with van der Waals surface area (Å²) in [6.45, 7) is 25.7. The molecule has 0 spiro atoms. The van der Waals surface area contributed by atoms with Crippen LogP contribution in [0.25, 0.3) is 0 Å². The zero-order valence-electron chi connectivity index (χ0n) is 15.8. The summed E-state index contributed by atoms with van der Waals surface area (Å²) >= 11 is 0. The second kappa shape index (κ2) is 7.66. The fraction of sp³-hybridized carbons (Fsp3) is 0.900. The SMILES string of the molecule is C=C(CC(C)(C)CC(C)C)C(C)CCC(C)(C)C(C)C. The summed E-state index contributed by atoms with van der Waals surface area (Å²) in [5.74, 6) is 2.17. The summed E-state index contributed by atoms with van der Waals surface area (Å²) < 4.78 is 0. The molecule has 0 aromatic heterocycles. The Labute approximate surface area is 129 Å². The van der Waals surface area contributed by atoms with Crippen LogP contribution in [0.5, 0.6) is 0 Å². The molecule has 0 fully saturated rings. The Balaban J connectivity index is 4.36. The molecule has 20 heavy (non-hydrogen) atoms. The molecule has 1 unspecified atom stereocenters. The molecule has 0 rings (SSSR count). The summed E-state index contributed by atoms with van der Waals surface area (Å²) in [4.78, 5) is 0. The van der Waals surface area contributed by atoms with Crippen molar-refractivity contribution in [2.45, 2.75) is 88.0 Å². The third-order valence-electron chi connectivity index (χ3n) is 5.15. The molecule has 120 valence electrons. The van der Waals surface area contributed by atoms with Crippen LogP contribution >= 0.6 is 0 Å². The second-order valence-electron chi connectivity index (χ2n) is 9.18. The lowest BCUT2D eigenvalue weighted by Gasteiger charge is -2.33. The van der Waals surface area contributed by atoms with Crippen molar-refractivity contribution in [3.63, 3.8) is 0 Å². The van der Waals surface area contributed by atoms with Gasteiger partial charge in [0.2, 0.25) is 0 Å². The van der Waals surface area contributed by atoms with Crippen LogP contribution in [0.4, 0.5) is 0 Å². The van der Waals surface area contributed by atoms with Crippen molar-refractivity contribution in [3.8, 4) is 0 Å². The fourth-order valence-electron chi connectivity index (χ4n) is 3.05. The van der Waals surface area contributed by atoms with Crippen molar-refractivity contribution < 1.29 is 0 Å². The lowest BCUT2D eigenvalue weighted by Crippen LogP contribution is -2.21. The molecule has 0 saturated heterocycles. The molecule has 0 heteroatoms. The van der Waals surface area contributed by atoms with Gasteiger partial charge < -0.3 is 0 Å². The third-order valence-corrected chi connectivity index (χ3v) is 5.15. The summed E-state index contributed by atoms with van der Waals surface area (Å²) in [7, 11) is 0. The third kappa shape index (κ3) is 7.50. The van der Waals surface area contributed by atoms with Crippen LogP contribution in [0.15, 0.2) is 12.2 Å². The highest BCUT2D eigenvalue weighted by Gasteiger charge is 2.25. The molecule has 0 heterocycles. The van der Waals surface area contributed by atoms with E-state index in [1.165, 1.54) is 31.3 Å². The molecule has 0 aromatic rings. The van der Waals surface area contributed by atoms with Gasteiger partial charge in [-0.25, -0.2) is 0 Å². The Hall–Kier alpha value is -0.260. The minimum atomic E-state index is 0.396. The standard InChI is InChI=1S/C20H40/c1-15(2)13-19(7,8)14-18(6)17(5)11-12-20(9,10)16(3)4/h15-17H,6,11-14H2,1-5,7-10H3. The molecular weight excluding hydrogens is 240 g/mol. The number of hydrogen-bond donors (Lipinski definition) is 0. The van der Waals surface area contributed by atoms with Crippen LogP contribution in [0.1, 0.15) is 88.0 Å². The fourth-order valence-corrected chi connectivity index (χ4v) is 3.05. The van der Waals surface area contributed by atoms with E-state index < -0.39 is 0 Å². The van der Waals surface area contributed by atoms with E-state index in [0.29, 0.717) is 16.7 Å². The first-order chi connectivity index (χ1) is 8.87. The molecule has 0 aliphatic rings. The van der Waals surface area contributed by atoms with Gasteiger partial charge in [-0.3, -0.25) is 0 Å². The van der Waals surface area contributed by atoms with Gasteiger partial charge in [-0.1, -0.05) is 74.5 Å². The maximum atomic E-state index is 4.39. The molecule has 0 saturated carbocycles. The maximum Gasteiger partial charge on any atom is -0.0234 e. The van der Waals surface area contributed by atoms with Crippen LogP contribution in [-0.4, -0.2) is 0 Å². The Morgan fingerprint density at radius 3 is 1.85 bits per heavy atom. The molecule has 0 aliphatic heterocycles. The highest BCUT2D eigenvalue weighted by atomic mass is 14.3. The molecule has 0 aliphatic carbocycles. The molecular formula is C20H40. The summed E-state index contributed by atoms with van der Waals surface area (Å²) in [6.07, 6.45) is 5.04. The quantitative estimate of drug-likeness (QED) is 0.395. The molecule has 0 nitrogen and oxygen atoms in total. The van der Waals surface area contributed by atoms with Gasteiger partial charge in [0.1, 0.15) is 0 Å². The first-order valence-corrected chi connectivity index (χ1v) is 8.55. The van der Waals surface area contributed by atoms with Crippen molar-refractivity contribution >= 4 is 0 Å². The van der Waals surface area contributed by atoms with E-state index in [4.69, 9.17) is 0 Å². The molecule has 0 radical (unpaired) electrons. The Bertz CT molecular complexity index is 291. The van der Waals surface area contributed by atoms with E-state index in [1.807, 2.05) is 0 Å². The van der Waals surface area contributed by atoms with E-state index in [-0.39, 0.29) is 0 Å². The van der Waals surface area contributed by atoms with Gasteiger partial charge in [-0.05, 0) is 54.3 Å². The van der Waals surface area contributed by atoms with Crippen LogP contribution in [0.2, 0.25) is 0 Å². The van der Waals surface area contributed by atoms with E-state index in [9.17, 15) is 0 Å². The van der Waals surface area contributed by atoms with Gasteiger partial charge in [0.25, 0.3) is 0 Å². The van der Waals surface area contributed by atoms with E-state index >= 15 is 0 Å². The first-order valence-electron chi connectivity index (χ1n) is 8.55. The van der Waals surface area contributed by atoms with Crippen molar-refractivity contribution in [2.75, 3.05) is 0 Å². The lowest BCUT2D eigenvalue weighted by atomic mass is 9.73. The molecule has 0 N–H and O–H groups in total. The average Bonchev–Trinajstić information content (AvgIpc) is 2.22. The average molecular weight is 281 g/mol. The monoisotopic (exact) mass is 280 g/mol. The maximum absolute atomic E-state index is 4.39. The zero-order valence-corrected chi connectivity index (χ0v) is 15.8. The Kier molecular flexibility index (Phi) is 7.56. The van der Waals surface area contributed by atoms with Gasteiger partial charge in [0, 0.05) is 0 Å². The number of allylic oxidation sites excluding steroid dienone is 1. The van der Waals surface area contributed by atoms with Crippen molar-refractivity contribution in [3.05, 3.63) is 12.2 Å². The predicted molar refractivity (Wildman–Crippen MR) is 94.0 cm³/mol. The summed E-state index contributed by atoms with van der Waals surface area (Å²) in [6, 6.07) is 0. The van der Waals surface area contributed by atoms with E-state index in [1.54, 1.807) is 0 Å². The van der Waals surface area contributed by atoms with Crippen molar-refractivity contribution in [2.24, 2.45) is 28.6 Å². The largest absolute Gasteiger partial charge is 0.0996 e. The van der Waals surface area contributed by atoms with E-state index in [0.717, 1.165) is 11.8 Å². The minimum absolute atomic E-state index is 0.396. The van der Waals surface area contributed by atoms with Crippen molar-refractivity contribution in [1.82, 2.24) is 0 Å². The zero-order chi connectivity index (χ0) is 16.1.